The molecule has 1 N–H and O–H groups in total. The van der Waals surface area contributed by atoms with E-state index >= 15 is 0 Å². The van der Waals surface area contributed by atoms with Gasteiger partial charge in [0.05, 0.1) is 11.3 Å². The molecule has 4 heteroatoms. The Hall–Kier alpha value is -1.32. The molecule has 1 aliphatic rings. The quantitative estimate of drug-likeness (QED) is 0.724. The Morgan fingerprint density at radius 1 is 1.69 bits per heavy atom. The maximum Gasteiger partial charge on any atom is 0.254 e. The SMILES string of the molecule is CNC(=O)c1cn(C)nc1C1CC1. The molecule has 1 saturated carbocycles. The molecule has 0 unspecified atom stereocenters. The fraction of sp³-hybridized carbons (Fsp3) is 0.556. The molecule has 1 aromatic heterocycles. The van der Waals surface area contributed by atoms with Gasteiger partial charge in [0.1, 0.15) is 0 Å². The number of nitrogens with zero attached hydrogens (tertiary/aromatic N) is 2. The van der Waals surface area contributed by atoms with Crippen LogP contribution in [0.25, 0.3) is 0 Å². The second-order valence-corrected chi connectivity index (χ2v) is 3.46. The lowest BCUT2D eigenvalue weighted by atomic mass is 10.2. The first-order valence-electron chi connectivity index (χ1n) is 4.48. The summed E-state index contributed by atoms with van der Waals surface area (Å²) in [4.78, 5) is 11.4. The van der Waals surface area contributed by atoms with E-state index in [9.17, 15) is 4.79 Å². The van der Waals surface area contributed by atoms with Crippen LogP contribution in [0.2, 0.25) is 0 Å². The second kappa shape index (κ2) is 2.87. The minimum atomic E-state index is -0.0324. The van der Waals surface area contributed by atoms with Crippen molar-refractivity contribution in [3.8, 4) is 0 Å². The second-order valence-electron chi connectivity index (χ2n) is 3.46. The zero-order chi connectivity index (χ0) is 9.42. The lowest BCUT2D eigenvalue weighted by molar-refractivity contribution is 0.0962. The van der Waals surface area contributed by atoms with Crippen LogP contribution in [0.4, 0.5) is 0 Å². The zero-order valence-electron chi connectivity index (χ0n) is 7.87. The lowest BCUT2D eigenvalue weighted by Gasteiger charge is -1.97. The van der Waals surface area contributed by atoms with Crippen LogP contribution in [-0.4, -0.2) is 22.7 Å². The summed E-state index contributed by atoms with van der Waals surface area (Å²) in [7, 11) is 3.49. The Kier molecular flexibility index (Phi) is 1.83. The third kappa shape index (κ3) is 1.43. The van der Waals surface area contributed by atoms with Crippen LogP contribution in [0.5, 0.6) is 0 Å². The monoisotopic (exact) mass is 179 g/mol. The zero-order valence-corrected chi connectivity index (χ0v) is 7.87. The summed E-state index contributed by atoms with van der Waals surface area (Å²) in [6, 6.07) is 0. The summed E-state index contributed by atoms with van der Waals surface area (Å²) in [6.07, 6.45) is 4.12. The number of carbonyl (C=O) groups is 1. The van der Waals surface area contributed by atoms with E-state index in [1.165, 1.54) is 12.8 Å². The topological polar surface area (TPSA) is 46.9 Å². The maximum absolute atomic E-state index is 11.4. The van der Waals surface area contributed by atoms with Crippen LogP contribution in [0.1, 0.15) is 34.8 Å². The molecule has 13 heavy (non-hydrogen) atoms. The van der Waals surface area contributed by atoms with Crippen LogP contribution >= 0.6 is 0 Å². The lowest BCUT2D eigenvalue weighted by Crippen LogP contribution is -2.18. The third-order valence-electron chi connectivity index (χ3n) is 2.29. The minimum Gasteiger partial charge on any atom is -0.355 e. The molecule has 1 aromatic rings. The maximum atomic E-state index is 11.4. The Balaban J connectivity index is 2.36. The molecule has 0 spiro atoms. The normalized spacial score (nSPS) is 15.8. The highest BCUT2D eigenvalue weighted by Gasteiger charge is 2.30. The van der Waals surface area contributed by atoms with E-state index in [4.69, 9.17) is 0 Å². The van der Waals surface area contributed by atoms with Gasteiger partial charge in [-0.15, -0.1) is 0 Å². The van der Waals surface area contributed by atoms with Crippen LogP contribution in [0.3, 0.4) is 0 Å². The van der Waals surface area contributed by atoms with E-state index in [2.05, 4.69) is 10.4 Å². The van der Waals surface area contributed by atoms with Crippen LogP contribution in [-0.2, 0) is 7.05 Å². The van der Waals surface area contributed by atoms with Gasteiger partial charge in [-0.1, -0.05) is 0 Å². The molecule has 1 amide bonds. The summed E-state index contributed by atoms with van der Waals surface area (Å²) in [5.41, 5.74) is 1.69. The molecule has 0 radical (unpaired) electrons. The van der Waals surface area contributed by atoms with Gasteiger partial charge < -0.3 is 5.32 Å². The third-order valence-corrected chi connectivity index (χ3v) is 2.29. The van der Waals surface area contributed by atoms with Gasteiger partial charge in [0.25, 0.3) is 5.91 Å². The summed E-state index contributed by atoms with van der Waals surface area (Å²) < 4.78 is 1.71. The highest BCUT2D eigenvalue weighted by molar-refractivity contribution is 5.95. The average molecular weight is 179 g/mol. The van der Waals surface area contributed by atoms with Crippen molar-refractivity contribution < 1.29 is 4.79 Å². The molecule has 0 aliphatic heterocycles. The number of nitrogens with one attached hydrogen (secondary N) is 1. The summed E-state index contributed by atoms with van der Waals surface area (Å²) >= 11 is 0. The van der Waals surface area contributed by atoms with Crippen molar-refractivity contribution in [2.45, 2.75) is 18.8 Å². The largest absolute Gasteiger partial charge is 0.355 e. The van der Waals surface area contributed by atoms with Gasteiger partial charge in [0.2, 0.25) is 0 Å². The van der Waals surface area contributed by atoms with Gasteiger partial charge in [-0.05, 0) is 12.8 Å². The van der Waals surface area contributed by atoms with Crippen molar-refractivity contribution in [2.75, 3.05) is 7.05 Å². The molecule has 1 aliphatic carbocycles. The summed E-state index contributed by atoms with van der Waals surface area (Å²) in [5.74, 6) is 0.489. The molecule has 1 fully saturated rings. The van der Waals surface area contributed by atoms with E-state index in [1.54, 1.807) is 17.9 Å². The predicted molar refractivity (Wildman–Crippen MR) is 48.6 cm³/mol. The summed E-state index contributed by atoms with van der Waals surface area (Å²) in [5, 5.41) is 6.92. The fourth-order valence-electron chi connectivity index (χ4n) is 1.47. The first-order valence-corrected chi connectivity index (χ1v) is 4.48. The first-order chi connectivity index (χ1) is 6.22. The highest BCUT2D eigenvalue weighted by atomic mass is 16.1. The van der Waals surface area contributed by atoms with E-state index in [0.717, 1.165) is 11.3 Å². The molecular formula is C9H13N3O. The Morgan fingerprint density at radius 3 is 2.92 bits per heavy atom. The molecule has 0 bridgehead atoms. The van der Waals surface area contributed by atoms with Gasteiger partial charge in [-0.3, -0.25) is 9.48 Å². The standard InChI is InChI=1S/C9H13N3O/c1-10-9(13)7-5-12(2)11-8(7)6-3-4-6/h5-6H,3-4H2,1-2H3,(H,10,13). The molecular weight excluding hydrogens is 166 g/mol. The van der Waals surface area contributed by atoms with Gasteiger partial charge in [0, 0.05) is 26.2 Å². The molecule has 1 heterocycles. The van der Waals surface area contributed by atoms with Crippen molar-refractivity contribution >= 4 is 5.91 Å². The number of rotatable bonds is 2. The molecule has 0 aromatic carbocycles. The number of hydrogen-bond acceptors (Lipinski definition) is 2. The molecule has 70 valence electrons. The van der Waals surface area contributed by atoms with Crippen LogP contribution in [0.15, 0.2) is 6.20 Å². The Morgan fingerprint density at radius 2 is 2.38 bits per heavy atom. The van der Waals surface area contributed by atoms with Crippen molar-refractivity contribution in [3.05, 3.63) is 17.5 Å². The van der Waals surface area contributed by atoms with E-state index in [0.29, 0.717) is 5.92 Å². The van der Waals surface area contributed by atoms with Gasteiger partial charge in [0.15, 0.2) is 0 Å². The van der Waals surface area contributed by atoms with Gasteiger partial charge in [-0.25, -0.2) is 0 Å². The Labute approximate surface area is 76.9 Å². The molecule has 0 saturated heterocycles. The predicted octanol–water partition coefficient (Wildman–Crippen LogP) is 0.657. The molecule has 2 rings (SSSR count). The van der Waals surface area contributed by atoms with Crippen molar-refractivity contribution in [1.82, 2.24) is 15.1 Å². The molecule has 0 atom stereocenters. The fourth-order valence-corrected chi connectivity index (χ4v) is 1.47. The number of aromatic nitrogens is 2. The average Bonchev–Trinajstić information content (AvgIpc) is 2.89. The minimum absolute atomic E-state index is 0.0324. The number of aryl methyl sites for hydroxylation is 1. The van der Waals surface area contributed by atoms with Crippen molar-refractivity contribution in [2.24, 2.45) is 7.05 Å². The van der Waals surface area contributed by atoms with Gasteiger partial charge >= 0.3 is 0 Å². The molecule has 4 nitrogen and oxygen atoms in total. The van der Waals surface area contributed by atoms with E-state index < -0.39 is 0 Å². The summed E-state index contributed by atoms with van der Waals surface area (Å²) in [6.45, 7) is 0. The van der Waals surface area contributed by atoms with Gasteiger partial charge in [-0.2, -0.15) is 5.10 Å². The number of hydrogen-bond donors (Lipinski definition) is 1. The smallest absolute Gasteiger partial charge is 0.254 e. The van der Waals surface area contributed by atoms with Crippen LogP contribution < -0.4 is 5.32 Å². The number of amides is 1. The Bertz CT molecular complexity index is 339. The van der Waals surface area contributed by atoms with Crippen LogP contribution in [0, 0.1) is 0 Å². The van der Waals surface area contributed by atoms with Crippen molar-refractivity contribution in [3.63, 3.8) is 0 Å². The van der Waals surface area contributed by atoms with E-state index in [1.807, 2.05) is 7.05 Å². The van der Waals surface area contributed by atoms with E-state index in [-0.39, 0.29) is 5.91 Å². The first kappa shape index (κ1) is 8.29. The van der Waals surface area contributed by atoms with Crippen molar-refractivity contribution in [1.29, 1.82) is 0 Å². The number of carbonyl (C=O) groups excluding carboxylic acids is 1. The highest BCUT2D eigenvalue weighted by Crippen LogP contribution is 2.40.